The van der Waals surface area contributed by atoms with Crippen molar-refractivity contribution in [1.29, 1.82) is 0 Å². The minimum Gasteiger partial charge on any atom is -0.478 e. The van der Waals surface area contributed by atoms with E-state index in [0.717, 1.165) is 0 Å². The summed E-state index contributed by atoms with van der Waals surface area (Å²) in [6, 6.07) is 1.38. The molecule has 14 heavy (non-hydrogen) atoms. The van der Waals surface area contributed by atoms with E-state index >= 15 is 0 Å². The molecule has 0 unspecified atom stereocenters. The van der Waals surface area contributed by atoms with Crippen LogP contribution in [-0.4, -0.2) is 36.7 Å². The molecule has 0 spiro atoms. The first kappa shape index (κ1) is 8.30. The van der Waals surface area contributed by atoms with Gasteiger partial charge < -0.3 is 5.11 Å². The van der Waals surface area contributed by atoms with Crippen LogP contribution in [0.15, 0.2) is 18.5 Å². The molecule has 0 amide bonds. The molecule has 0 atom stereocenters. The van der Waals surface area contributed by atoms with Crippen molar-refractivity contribution < 1.29 is 9.90 Å². The maximum Gasteiger partial charge on any atom is 0.336 e. The van der Waals surface area contributed by atoms with E-state index in [4.69, 9.17) is 5.11 Å². The van der Waals surface area contributed by atoms with Crippen LogP contribution in [0.3, 0.4) is 0 Å². The van der Waals surface area contributed by atoms with Gasteiger partial charge in [-0.25, -0.2) is 4.79 Å². The van der Waals surface area contributed by atoms with E-state index in [0.29, 0.717) is 5.56 Å². The van der Waals surface area contributed by atoms with Gasteiger partial charge in [-0.2, -0.15) is 5.21 Å². The van der Waals surface area contributed by atoms with Crippen LogP contribution in [0.25, 0.3) is 11.4 Å². The van der Waals surface area contributed by atoms with Crippen molar-refractivity contribution in [3.05, 3.63) is 24.0 Å². The third-order valence-corrected chi connectivity index (χ3v) is 1.64. The molecule has 2 heterocycles. The number of nitrogens with one attached hydrogen (secondary N) is 1. The molecule has 2 N–H and O–H groups in total. The van der Waals surface area contributed by atoms with Crippen LogP contribution >= 0.6 is 0 Å². The van der Waals surface area contributed by atoms with Gasteiger partial charge in [0.05, 0.1) is 11.1 Å². The Kier molecular flexibility index (Phi) is 1.90. The molecule has 0 aliphatic rings. The number of nitrogens with zero attached hydrogens (tertiary/aromatic N) is 4. The van der Waals surface area contributed by atoms with Crippen LogP contribution in [0.1, 0.15) is 10.4 Å². The molecule has 70 valence electrons. The summed E-state index contributed by atoms with van der Waals surface area (Å²) in [4.78, 5) is 14.6. The summed E-state index contributed by atoms with van der Waals surface area (Å²) < 4.78 is 0. The van der Waals surface area contributed by atoms with Gasteiger partial charge >= 0.3 is 5.97 Å². The third kappa shape index (κ3) is 1.30. The predicted octanol–water partition coefficient (Wildman–Crippen LogP) is -0.0401. The fourth-order valence-corrected chi connectivity index (χ4v) is 1.04. The van der Waals surface area contributed by atoms with Crippen molar-refractivity contribution >= 4 is 5.97 Å². The lowest BCUT2D eigenvalue weighted by atomic mass is 10.1. The molecule has 0 saturated carbocycles. The van der Waals surface area contributed by atoms with Gasteiger partial charge in [-0.3, -0.25) is 4.98 Å². The Morgan fingerprint density at radius 2 is 2.36 bits per heavy atom. The Labute approximate surface area is 77.8 Å². The largest absolute Gasteiger partial charge is 0.478 e. The number of H-pyrrole nitrogens is 1. The predicted molar refractivity (Wildman–Crippen MR) is 44.4 cm³/mol. The Balaban J connectivity index is 2.58. The van der Waals surface area contributed by atoms with Crippen molar-refractivity contribution in [3.63, 3.8) is 0 Å². The molecule has 0 aromatic carbocycles. The van der Waals surface area contributed by atoms with Crippen molar-refractivity contribution in [1.82, 2.24) is 25.6 Å². The number of tetrazole rings is 1. The van der Waals surface area contributed by atoms with Gasteiger partial charge in [0.2, 0.25) is 5.82 Å². The fourth-order valence-electron chi connectivity index (χ4n) is 1.04. The van der Waals surface area contributed by atoms with E-state index in [-0.39, 0.29) is 11.4 Å². The van der Waals surface area contributed by atoms with Gasteiger partial charge in [0.15, 0.2) is 0 Å². The molecule has 0 fully saturated rings. The second-order valence-electron chi connectivity index (χ2n) is 2.46. The van der Waals surface area contributed by atoms with Gasteiger partial charge in [0.1, 0.15) is 0 Å². The van der Waals surface area contributed by atoms with E-state index in [9.17, 15) is 4.79 Å². The van der Waals surface area contributed by atoms with Crippen molar-refractivity contribution in [3.8, 4) is 11.4 Å². The lowest BCUT2D eigenvalue weighted by molar-refractivity contribution is 0.0697. The number of hydrogen-bond acceptors (Lipinski definition) is 5. The minimum atomic E-state index is -1.05. The standard InChI is InChI=1S/C7H5N5O2/c13-7(14)4-1-2-8-3-5(4)6-9-11-12-10-6/h1-3H,(H,13,14)(H,9,10,11,12). The van der Waals surface area contributed by atoms with Crippen LogP contribution in [0, 0.1) is 0 Å². The average Bonchev–Trinajstić information content (AvgIpc) is 2.70. The molecule has 0 bridgehead atoms. The minimum absolute atomic E-state index is 0.0985. The molecule has 0 aliphatic carbocycles. The Bertz CT molecular complexity index is 453. The van der Waals surface area contributed by atoms with E-state index in [1.165, 1.54) is 18.5 Å². The monoisotopic (exact) mass is 191 g/mol. The highest BCUT2D eigenvalue weighted by atomic mass is 16.4. The lowest BCUT2D eigenvalue weighted by Gasteiger charge is -1.98. The Hall–Kier alpha value is -2.31. The zero-order valence-electron chi connectivity index (χ0n) is 6.88. The summed E-state index contributed by atoms with van der Waals surface area (Å²) in [5.74, 6) is -0.831. The third-order valence-electron chi connectivity index (χ3n) is 1.64. The maximum absolute atomic E-state index is 10.8. The molecular weight excluding hydrogens is 186 g/mol. The molecular formula is C7H5N5O2. The molecule has 0 saturated heterocycles. The first-order valence-corrected chi connectivity index (χ1v) is 3.70. The number of pyridine rings is 1. The molecule has 2 rings (SSSR count). The fraction of sp³-hybridized carbons (Fsp3) is 0. The van der Waals surface area contributed by atoms with Gasteiger partial charge in [-0.15, -0.1) is 10.2 Å². The zero-order chi connectivity index (χ0) is 9.97. The first-order valence-electron chi connectivity index (χ1n) is 3.70. The lowest BCUT2D eigenvalue weighted by Crippen LogP contribution is -2.00. The molecule has 7 heteroatoms. The number of aromatic carboxylic acids is 1. The number of rotatable bonds is 2. The number of carboxylic acids is 1. The highest BCUT2D eigenvalue weighted by Gasteiger charge is 2.14. The van der Waals surface area contributed by atoms with Crippen LogP contribution in [-0.2, 0) is 0 Å². The average molecular weight is 191 g/mol. The second-order valence-corrected chi connectivity index (χ2v) is 2.46. The quantitative estimate of drug-likeness (QED) is 0.690. The summed E-state index contributed by atoms with van der Waals surface area (Å²) in [6.07, 6.45) is 2.78. The number of carboxylic acid groups (broad SMARTS) is 1. The number of aromatic amines is 1. The van der Waals surface area contributed by atoms with Gasteiger partial charge in [0.25, 0.3) is 0 Å². The molecule has 0 aliphatic heterocycles. The molecule has 2 aromatic heterocycles. The van der Waals surface area contributed by atoms with Gasteiger partial charge in [-0.1, -0.05) is 0 Å². The summed E-state index contributed by atoms with van der Waals surface area (Å²) in [5, 5.41) is 21.8. The van der Waals surface area contributed by atoms with Crippen LogP contribution in [0.2, 0.25) is 0 Å². The smallest absolute Gasteiger partial charge is 0.336 e. The number of hydrogen-bond donors (Lipinski definition) is 2. The molecule has 2 aromatic rings. The van der Waals surface area contributed by atoms with E-state index < -0.39 is 5.97 Å². The van der Waals surface area contributed by atoms with Crippen molar-refractivity contribution in [2.45, 2.75) is 0 Å². The van der Waals surface area contributed by atoms with Crippen LogP contribution < -0.4 is 0 Å². The zero-order valence-corrected chi connectivity index (χ0v) is 6.88. The molecule has 0 radical (unpaired) electrons. The van der Waals surface area contributed by atoms with E-state index in [1.54, 1.807) is 0 Å². The Morgan fingerprint density at radius 3 is 3.00 bits per heavy atom. The van der Waals surface area contributed by atoms with E-state index in [1.807, 2.05) is 0 Å². The topological polar surface area (TPSA) is 105 Å². The summed E-state index contributed by atoms with van der Waals surface area (Å²) in [5.41, 5.74) is 0.440. The number of carbonyl (C=O) groups is 1. The highest BCUT2D eigenvalue weighted by Crippen LogP contribution is 2.16. The van der Waals surface area contributed by atoms with Gasteiger partial charge in [-0.05, 0) is 11.3 Å². The van der Waals surface area contributed by atoms with Crippen molar-refractivity contribution in [2.24, 2.45) is 0 Å². The summed E-state index contributed by atoms with van der Waals surface area (Å²) >= 11 is 0. The summed E-state index contributed by atoms with van der Waals surface area (Å²) in [7, 11) is 0. The Morgan fingerprint density at radius 1 is 1.50 bits per heavy atom. The highest BCUT2D eigenvalue weighted by molar-refractivity contribution is 5.94. The van der Waals surface area contributed by atoms with Gasteiger partial charge in [0, 0.05) is 12.4 Å². The van der Waals surface area contributed by atoms with Crippen molar-refractivity contribution in [2.75, 3.05) is 0 Å². The normalized spacial score (nSPS) is 10.0. The summed E-state index contributed by atoms with van der Waals surface area (Å²) in [6.45, 7) is 0. The second kappa shape index (κ2) is 3.21. The maximum atomic E-state index is 10.8. The van der Waals surface area contributed by atoms with E-state index in [2.05, 4.69) is 25.6 Å². The van der Waals surface area contributed by atoms with Crippen LogP contribution in [0.4, 0.5) is 0 Å². The van der Waals surface area contributed by atoms with Crippen LogP contribution in [0.5, 0.6) is 0 Å². The first-order chi connectivity index (χ1) is 6.79. The molecule has 7 nitrogen and oxygen atoms in total. The number of aromatic nitrogens is 5. The SMILES string of the molecule is O=C(O)c1ccncc1-c1nn[nH]n1.